The lowest BCUT2D eigenvalue weighted by Gasteiger charge is -2.44. The van der Waals surface area contributed by atoms with Crippen LogP contribution < -0.4 is 5.48 Å². The molecule has 0 aromatic heterocycles. The molecule has 2 fully saturated rings. The first-order valence-electron chi connectivity index (χ1n) is 8.71. The Hall–Kier alpha value is -1.80. The Morgan fingerprint density at radius 2 is 1.83 bits per heavy atom. The molecule has 3 aliphatic rings. The quantitative estimate of drug-likeness (QED) is 0.744. The van der Waals surface area contributed by atoms with E-state index in [9.17, 15) is 0 Å². The number of rotatable bonds is 0. The van der Waals surface area contributed by atoms with Gasteiger partial charge in [-0.1, -0.05) is 18.1 Å². The molecule has 24 heavy (non-hydrogen) atoms. The molecule has 2 heterocycles. The molecular formula is C20H23NO3. The maximum atomic E-state index is 5.91. The molecule has 126 valence electrons. The van der Waals surface area contributed by atoms with E-state index in [0.717, 1.165) is 56.6 Å². The zero-order valence-electron chi connectivity index (χ0n) is 14.1. The number of aryl methyl sites for hydroxylation is 1. The lowest BCUT2D eigenvalue weighted by Crippen LogP contribution is -2.48. The van der Waals surface area contributed by atoms with Crippen molar-refractivity contribution in [3.8, 4) is 11.8 Å². The van der Waals surface area contributed by atoms with Gasteiger partial charge in [0.2, 0.25) is 0 Å². The van der Waals surface area contributed by atoms with E-state index in [2.05, 4.69) is 42.5 Å². The highest BCUT2D eigenvalue weighted by molar-refractivity contribution is 5.42. The van der Waals surface area contributed by atoms with Crippen molar-refractivity contribution in [2.45, 2.75) is 50.4 Å². The van der Waals surface area contributed by atoms with Crippen LogP contribution in [0.3, 0.4) is 0 Å². The fourth-order valence-electron chi connectivity index (χ4n) is 3.61. The summed E-state index contributed by atoms with van der Waals surface area (Å²) in [6.07, 6.45) is 6.62. The Labute approximate surface area is 143 Å². The van der Waals surface area contributed by atoms with Gasteiger partial charge in [-0.05, 0) is 55.9 Å². The van der Waals surface area contributed by atoms with Gasteiger partial charge in [0.05, 0.1) is 13.2 Å². The number of hydroxylamine groups is 1. The smallest absolute Gasteiger partial charge is 0.168 e. The third-order valence-corrected chi connectivity index (χ3v) is 5.01. The Balaban J connectivity index is 1.44. The summed E-state index contributed by atoms with van der Waals surface area (Å²) in [4.78, 5) is 5.88. The fraction of sp³-hybridized carbons (Fsp3) is 0.500. The van der Waals surface area contributed by atoms with Gasteiger partial charge < -0.3 is 9.47 Å². The summed E-state index contributed by atoms with van der Waals surface area (Å²) in [5.74, 6) is 6.00. The molecule has 1 aromatic carbocycles. The molecule has 2 aliphatic heterocycles. The van der Waals surface area contributed by atoms with Crippen molar-refractivity contribution in [2.24, 2.45) is 0 Å². The van der Waals surface area contributed by atoms with Crippen molar-refractivity contribution in [1.29, 1.82) is 0 Å². The first-order chi connectivity index (χ1) is 11.7. The van der Waals surface area contributed by atoms with Gasteiger partial charge in [-0.3, -0.25) is 10.3 Å². The average molecular weight is 325 g/mol. The summed E-state index contributed by atoms with van der Waals surface area (Å²) in [6, 6.07) is 8.21. The van der Waals surface area contributed by atoms with Crippen molar-refractivity contribution < 1.29 is 14.3 Å². The SMILES string of the molecule is Cc1cccc(C#CC2=CC3(CCC4(CC3)OCCCO4)ON2)c1. The molecule has 0 amide bonds. The van der Waals surface area contributed by atoms with Crippen LogP contribution in [-0.2, 0) is 14.3 Å². The highest BCUT2D eigenvalue weighted by atomic mass is 16.7. The van der Waals surface area contributed by atoms with Gasteiger partial charge in [0.15, 0.2) is 5.79 Å². The van der Waals surface area contributed by atoms with Gasteiger partial charge in [0.1, 0.15) is 11.3 Å². The van der Waals surface area contributed by atoms with Crippen LogP contribution in [0.5, 0.6) is 0 Å². The van der Waals surface area contributed by atoms with E-state index in [1.807, 2.05) is 12.1 Å². The molecule has 2 spiro atoms. The predicted molar refractivity (Wildman–Crippen MR) is 90.8 cm³/mol. The van der Waals surface area contributed by atoms with Crippen LogP contribution in [0.4, 0.5) is 0 Å². The van der Waals surface area contributed by atoms with Crippen LogP contribution in [-0.4, -0.2) is 24.6 Å². The largest absolute Gasteiger partial charge is 0.350 e. The number of nitrogens with one attached hydrogen (secondary N) is 1. The first-order valence-corrected chi connectivity index (χ1v) is 8.71. The molecule has 0 unspecified atom stereocenters. The molecule has 4 rings (SSSR count). The zero-order valence-corrected chi connectivity index (χ0v) is 14.1. The summed E-state index contributed by atoms with van der Waals surface area (Å²) in [6.45, 7) is 3.67. The van der Waals surface area contributed by atoms with Crippen molar-refractivity contribution >= 4 is 0 Å². The monoisotopic (exact) mass is 325 g/mol. The third-order valence-electron chi connectivity index (χ3n) is 5.01. The van der Waals surface area contributed by atoms with E-state index in [4.69, 9.17) is 14.3 Å². The molecule has 4 heteroatoms. The van der Waals surface area contributed by atoms with Crippen LogP contribution in [0.2, 0.25) is 0 Å². The van der Waals surface area contributed by atoms with Gasteiger partial charge in [-0.25, -0.2) is 0 Å². The van der Waals surface area contributed by atoms with Crippen molar-refractivity contribution in [3.63, 3.8) is 0 Å². The number of allylic oxidation sites excluding steroid dienone is 1. The molecule has 1 saturated carbocycles. The van der Waals surface area contributed by atoms with Crippen molar-refractivity contribution in [2.75, 3.05) is 13.2 Å². The lowest BCUT2D eigenvalue weighted by molar-refractivity contribution is -0.292. The number of benzene rings is 1. The van der Waals surface area contributed by atoms with Crippen molar-refractivity contribution in [3.05, 3.63) is 47.2 Å². The summed E-state index contributed by atoms with van der Waals surface area (Å²) >= 11 is 0. The molecular weight excluding hydrogens is 302 g/mol. The molecule has 0 atom stereocenters. The summed E-state index contributed by atoms with van der Waals surface area (Å²) < 4.78 is 11.8. The second-order valence-electron chi connectivity index (χ2n) is 6.91. The van der Waals surface area contributed by atoms with Crippen LogP contribution in [0.1, 0.15) is 43.2 Å². The highest BCUT2D eigenvalue weighted by Crippen LogP contribution is 2.43. The summed E-state index contributed by atoms with van der Waals surface area (Å²) in [5, 5.41) is 0. The van der Waals surface area contributed by atoms with Crippen LogP contribution in [0.15, 0.2) is 36.0 Å². The van der Waals surface area contributed by atoms with Crippen LogP contribution in [0.25, 0.3) is 0 Å². The molecule has 0 radical (unpaired) electrons. The number of hydrogen-bond donors (Lipinski definition) is 1. The molecule has 1 aliphatic carbocycles. The second kappa shape index (κ2) is 6.25. The molecule has 0 bridgehead atoms. The van der Waals surface area contributed by atoms with Gasteiger partial charge >= 0.3 is 0 Å². The number of ether oxygens (including phenoxy) is 2. The van der Waals surface area contributed by atoms with E-state index in [1.165, 1.54) is 5.56 Å². The normalized spacial score (nSPS) is 24.1. The third kappa shape index (κ3) is 3.21. The maximum Gasteiger partial charge on any atom is 0.168 e. The second-order valence-corrected chi connectivity index (χ2v) is 6.91. The van der Waals surface area contributed by atoms with Crippen LogP contribution >= 0.6 is 0 Å². The minimum Gasteiger partial charge on any atom is -0.350 e. The van der Waals surface area contributed by atoms with E-state index < -0.39 is 0 Å². The predicted octanol–water partition coefficient (Wildman–Crippen LogP) is 3.21. The minimum atomic E-state index is -0.378. The van der Waals surface area contributed by atoms with Crippen LogP contribution in [0, 0.1) is 18.8 Å². The Morgan fingerprint density at radius 3 is 2.58 bits per heavy atom. The lowest BCUT2D eigenvalue weighted by atomic mass is 9.81. The molecule has 4 nitrogen and oxygen atoms in total. The van der Waals surface area contributed by atoms with E-state index in [0.29, 0.717) is 0 Å². The summed E-state index contributed by atoms with van der Waals surface area (Å²) in [7, 11) is 0. The standard InChI is InChI=1S/C20H23NO3/c1-16-4-2-5-17(14-16)6-7-18-15-19(24-21-18)8-10-20(11-9-19)22-12-3-13-23-20/h2,4-5,14-15,21H,3,8-13H2,1H3. The zero-order chi connectivity index (χ0) is 16.5. The molecule has 1 saturated heterocycles. The Kier molecular flexibility index (Phi) is 4.09. The highest BCUT2D eigenvalue weighted by Gasteiger charge is 2.47. The summed E-state index contributed by atoms with van der Waals surface area (Å²) in [5.41, 5.74) is 5.81. The van der Waals surface area contributed by atoms with Gasteiger partial charge in [-0.15, -0.1) is 0 Å². The first kappa shape index (κ1) is 15.7. The van der Waals surface area contributed by atoms with Gasteiger partial charge in [0, 0.05) is 18.4 Å². The molecule has 1 N–H and O–H groups in total. The van der Waals surface area contributed by atoms with E-state index in [-0.39, 0.29) is 11.4 Å². The Bertz CT molecular complexity index is 697. The van der Waals surface area contributed by atoms with E-state index >= 15 is 0 Å². The average Bonchev–Trinajstić information content (AvgIpc) is 3.01. The van der Waals surface area contributed by atoms with Gasteiger partial charge in [0.25, 0.3) is 0 Å². The Morgan fingerprint density at radius 1 is 1.04 bits per heavy atom. The number of hydrogen-bond acceptors (Lipinski definition) is 4. The van der Waals surface area contributed by atoms with Gasteiger partial charge in [-0.2, -0.15) is 0 Å². The fourth-order valence-corrected chi connectivity index (χ4v) is 3.61. The minimum absolute atomic E-state index is 0.272. The molecule has 1 aromatic rings. The topological polar surface area (TPSA) is 39.7 Å². The van der Waals surface area contributed by atoms with Crippen molar-refractivity contribution in [1.82, 2.24) is 5.48 Å². The van der Waals surface area contributed by atoms with E-state index in [1.54, 1.807) is 0 Å². The maximum absolute atomic E-state index is 5.91.